The smallest absolute Gasteiger partial charge is 0.406 e. The maximum Gasteiger partial charge on any atom is 0.406 e. The zero-order chi connectivity index (χ0) is 30.6. The molecule has 2 rings (SSSR count). The first-order chi connectivity index (χ1) is 18.3. The molecule has 0 radical (unpaired) electrons. The average Bonchev–Trinajstić information content (AvgIpc) is 3.05. The van der Waals surface area contributed by atoms with Crippen LogP contribution in [-0.2, 0) is 32.7 Å². The predicted molar refractivity (Wildman–Crippen MR) is 141 cm³/mol. The molecule has 1 aliphatic heterocycles. The lowest BCUT2D eigenvalue weighted by atomic mass is 10.00. The Hall–Kier alpha value is -1.65. The first kappa shape index (κ1) is 34.6. The van der Waals surface area contributed by atoms with Crippen LogP contribution in [0.5, 0.6) is 0 Å². The number of aromatic amines is 1. The zero-order valence-corrected chi connectivity index (χ0v) is 25.1. The molecule has 0 unspecified atom stereocenters. The number of nitrogens with zero attached hydrogens (tertiary/aromatic N) is 1. The molecule has 1 aliphatic rings. The van der Waals surface area contributed by atoms with E-state index >= 15 is 4.39 Å². The van der Waals surface area contributed by atoms with Gasteiger partial charge in [-0.1, -0.05) is 44.1 Å². The lowest BCUT2D eigenvalue weighted by Gasteiger charge is -2.25. The highest BCUT2D eigenvalue weighted by Gasteiger charge is 2.58. The van der Waals surface area contributed by atoms with Crippen molar-refractivity contribution in [1.82, 2.24) is 14.6 Å². The van der Waals surface area contributed by atoms with Gasteiger partial charge < -0.3 is 14.6 Å². The number of thioether (sulfide) groups is 1. The predicted octanol–water partition coefficient (Wildman–Crippen LogP) is 2.22. The van der Waals surface area contributed by atoms with Gasteiger partial charge >= 0.3 is 19.4 Å². The molecular formula is C22H33ClF2N3O10PS. The Bertz CT molecular complexity index is 1240. The molecule has 1 aromatic heterocycles. The molecule has 228 valence electrons. The van der Waals surface area contributed by atoms with Crippen molar-refractivity contribution in [3.05, 3.63) is 32.9 Å². The van der Waals surface area contributed by atoms with E-state index in [1.54, 1.807) is 39.6 Å². The Morgan fingerprint density at radius 3 is 2.52 bits per heavy atom. The van der Waals surface area contributed by atoms with E-state index in [9.17, 15) is 33.2 Å². The number of carbonyl (C=O) groups is 2. The summed E-state index contributed by atoms with van der Waals surface area (Å²) < 4.78 is 63.8. The molecule has 40 heavy (non-hydrogen) atoms. The van der Waals surface area contributed by atoms with E-state index in [1.165, 1.54) is 6.92 Å². The number of H-pyrrole nitrogens is 1. The third kappa shape index (κ3) is 8.92. The van der Waals surface area contributed by atoms with E-state index in [0.717, 1.165) is 11.8 Å². The van der Waals surface area contributed by atoms with Crippen LogP contribution in [0.2, 0.25) is 0 Å². The topological polar surface area (TPSA) is 175 Å². The molecule has 13 nitrogen and oxygen atoms in total. The second kappa shape index (κ2) is 13.6. The van der Waals surface area contributed by atoms with Crippen LogP contribution in [0.1, 0.15) is 47.8 Å². The number of carbonyl (C=O) groups excluding carboxylic acids is 2. The number of aromatic nitrogens is 2. The maximum atomic E-state index is 15.2. The van der Waals surface area contributed by atoms with Crippen molar-refractivity contribution in [2.75, 3.05) is 19.0 Å². The van der Waals surface area contributed by atoms with Gasteiger partial charge in [0.2, 0.25) is 5.82 Å². The monoisotopic (exact) mass is 635 g/mol. The molecule has 1 aromatic rings. The SMILES string of the molecule is CC(C)OC(=O)[C@H](C)N[P@@](=O)(OCCSC(=O)C(C)(C)C)OC[C@H]1O[C@@H](n2cc(F)c(=O)[nH]c2=O)[C@](F)(Cl)[C@@H]1O. The molecule has 1 saturated heterocycles. The maximum absolute atomic E-state index is 15.2. The summed E-state index contributed by atoms with van der Waals surface area (Å²) in [5.41, 5.74) is -3.28. The summed E-state index contributed by atoms with van der Waals surface area (Å²) in [6, 6.07) is -1.21. The molecule has 0 amide bonds. The minimum atomic E-state index is -4.42. The summed E-state index contributed by atoms with van der Waals surface area (Å²) in [4.78, 5) is 49.4. The fraction of sp³-hybridized carbons (Fsp3) is 0.727. The number of alkyl halides is 2. The quantitative estimate of drug-likeness (QED) is 0.132. The van der Waals surface area contributed by atoms with E-state index in [4.69, 9.17) is 30.1 Å². The molecule has 1 fully saturated rings. The van der Waals surface area contributed by atoms with Crippen LogP contribution in [-0.4, -0.2) is 74.2 Å². The van der Waals surface area contributed by atoms with Crippen LogP contribution < -0.4 is 16.3 Å². The summed E-state index contributed by atoms with van der Waals surface area (Å²) in [5.74, 6) is -2.17. The highest BCUT2D eigenvalue weighted by Crippen LogP contribution is 2.48. The second-order valence-corrected chi connectivity index (χ2v) is 13.6. The van der Waals surface area contributed by atoms with Gasteiger partial charge in [-0.3, -0.25) is 33.0 Å². The van der Waals surface area contributed by atoms with Crippen molar-refractivity contribution in [3.8, 4) is 0 Å². The third-order valence-electron chi connectivity index (χ3n) is 5.21. The van der Waals surface area contributed by atoms with E-state index in [0.29, 0.717) is 10.8 Å². The number of halogens is 3. The van der Waals surface area contributed by atoms with E-state index < -0.39 is 78.5 Å². The molecule has 3 N–H and O–H groups in total. The summed E-state index contributed by atoms with van der Waals surface area (Å²) in [6.45, 7) is 8.56. The molecule has 0 bridgehead atoms. The van der Waals surface area contributed by atoms with Gasteiger partial charge in [0, 0.05) is 11.2 Å². The molecule has 0 aliphatic carbocycles. The fourth-order valence-corrected chi connectivity index (χ4v) is 5.84. The van der Waals surface area contributed by atoms with Crippen LogP contribution >= 0.6 is 31.1 Å². The lowest BCUT2D eigenvalue weighted by Crippen LogP contribution is -2.42. The molecule has 0 saturated carbocycles. The first-order valence-electron chi connectivity index (χ1n) is 12.1. The Kier molecular flexibility index (Phi) is 11.7. The Balaban J connectivity index is 2.19. The normalized spacial score (nSPS) is 25.5. The minimum Gasteiger partial charge on any atom is -0.462 e. The zero-order valence-electron chi connectivity index (χ0n) is 22.6. The fourth-order valence-electron chi connectivity index (χ4n) is 3.16. The largest absolute Gasteiger partial charge is 0.462 e. The molecule has 2 heterocycles. The van der Waals surface area contributed by atoms with Crippen molar-refractivity contribution in [1.29, 1.82) is 0 Å². The number of ether oxygens (including phenoxy) is 2. The average molecular weight is 636 g/mol. The number of aliphatic hydroxyl groups excluding tert-OH is 1. The molecule has 0 aromatic carbocycles. The number of rotatable bonds is 12. The third-order valence-corrected chi connectivity index (χ3v) is 8.58. The van der Waals surface area contributed by atoms with E-state index in [2.05, 4.69) is 5.09 Å². The Morgan fingerprint density at radius 2 is 1.95 bits per heavy atom. The summed E-state index contributed by atoms with van der Waals surface area (Å²) in [7, 11) is -4.42. The van der Waals surface area contributed by atoms with Gasteiger partial charge in [-0.2, -0.15) is 4.39 Å². The summed E-state index contributed by atoms with van der Waals surface area (Å²) in [5, 5.41) is 9.43. The Morgan fingerprint density at radius 1 is 1.32 bits per heavy atom. The molecular weight excluding hydrogens is 603 g/mol. The minimum absolute atomic E-state index is 0.0660. The number of nitrogens with one attached hydrogen (secondary N) is 2. The van der Waals surface area contributed by atoms with Gasteiger partial charge in [0.1, 0.15) is 18.2 Å². The van der Waals surface area contributed by atoms with Gasteiger partial charge in [0.25, 0.3) is 10.7 Å². The van der Waals surface area contributed by atoms with Crippen LogP contribution in [0.25, 0.3) is 0 Å². The second-order valence-electron chi connectivity index (χ2n) is 10.1. The van der Waals surface area contributed by atoms with Crippen molar-refractivity contribution in [2.24, 2.45) is 5.41 Å². The van der Waals surface area contributed by atoms with Gasteiger partial charge in [-0.15, -0.1) is 0 Å². The first-order valence-corrected chi connectivity index (χ1v) is 15.0. The van der Waals surface area contributed by atoms with E-state index in [-0.39, 0.29) is 17.5 Å². The van der Waals surface area contributed by atoms with Crippen molar-refractivity contribution in [3.63, 3.8) is 0 Å². The van der Waals surface area contributed by atoms with Gasteiger partial charge in [0.05, 0.1) is 25.5 Å². The highest BCUT2D eigenvalue weighted by atomic mass is 35.5. The lowest BCUT2D eigenvalue weighted by molar-refractivity contribution is -0.149. The highest BCUT2D eigenvalue weighted by molar-refractivity contribution is 8.13. The van der Waals surface area contributed by atoms with Gasteiger partial charge in [-0.05, 0) is 20.8 Å². The summed E-state index contributed by atoms with van der Waals surface area (Å²) in [6.07, 6.45) is -6.13. The Labute approximate surface area is 237 Å². The van der Waals surface area contributed by atoms with Gasteiger partial charge in [0.15, 0.2) is 11.3 Å². The number of aliphatic hydroxyl groups is 1. The van der Waals surface area contributed by atoms with Crippen molar-refractivity contribution < 1.29 is 46.6 Å². The standard InChI is InChI=1S/C22H33ClF2N3O10PS/c1-11(2)37-17(31)12(3)27-39(34,35-7-8-40-19(32)21(4,5)6)36-10-14-15(29)22(23,25)18(38-14)28-9-13(24)16(30)26-20(28)33/h9,11-12,14-15,18,29H,7-8,10H2,1-6H3,(H,27,34)(H,26,30,33)/t12-,14+,15+,18+,22-,39+/m0/s1. The number of hydrogen-bond donors (Lipinski definition) is 3. The van der Waals surface area contributed by atoms with E-state index in [1.807, 2.05) is 0 Å². The van der Waals surface area contributed by atoms with Crippen LogP contribution in [0.3, 0.4) is 0 Å². The molecule has 0 spiro atoms. The molecule has 6 atom stereocenters. The number of esters is 1. The van der Waals surface area contributed by atoms with Crippen LogP contribution in [0.4, 0.5) is 8.78 Å². The number of hydrogen-bond acceptors (Lipinski definition) is 11. The van der Waals surface area contributed by atoms with Crippen LogP contribution in [0.15, 0.2) is 15.8 Å². The van der Waals surface area contributed by atoms with Crippen molar-refractivity contribution >= 4 is 42.2 Å². The van der Waals surface area contributed by atoms with Crippen LogP contribution in [0, 0.1) is 11.2 Å². The van der Waals surface area contributed by atoms with Gasteiger partial charge in [-0.25, -0.2) is 18.8 Å². The molecule has 18 heteroatoms. The summed E-state index contributed by atoms with van der Waals surface area (Å²) >= 11 is 6.71. The van der Waals surface area contributed by atoms with Crippen molar-refractivity contribution in [2.45, 2.75) is 77.3 Å².